The fourth-order valence-electron chi connectivity index (χ4n) is 1.20. The average molecular weight is 198 g/mol. The molecule has 1 rings (SSSR count). The molecule has 2 heteroatoms. The summed E-state index contributed by atoms with van der Waals surface area (Å²) in [6.45, 7) is 6.13. The van der Waals surface area contributed by atoms with Gasteiger partial charge in [-0.25, -0.2) is 0 Å². The van der Waals surface area contributed by atoms with Crippen LogP contribution >= 0.6 is 11.6 Å². The Labute approximate surface area is 84.9 Å². The van der Waals surface area contributed by atoms with E-state index < -0.39 is 0 Å². The van der Waals surface area contributed by atoms with Crippen molar-refractivity contribution >= 4 is 11.6 Å². The Morgan fingerprint density at radius 1 is 1.31 bits per heavy atom. The highest BCUT2D eigenvalue weighted by Gasteiger charge is 2.10. The second kappa shape index (κ2) is 4.12. The lowest BCUT2D eigenvalue weighted by molar-refractivity contribution is 0.613. The van der Waals surface area contributed by atoms with Crippen molar-refractivity contribution in [3.63, 3.8) is 0 Å². The summed E-state index contributed by atoms with van der Waals surface area (Å²) in [7, 11) is 0. The first-order valence-corrected chi connectivity index (χ1v) is 4.92. The van der Waals surface area contributed by atoms with E-state index in [0.29, 0.717) is 5.92 Å². The van der Waals surface area contributed by atoms with Gasteiger partial charge in [-0.15, -0.1) is 0 Å². The maximum absolute atomic E-state index is 6.02. The van der Waals surface area contributed by atoms with E-state index in [-0.39, 0.29) is 6.04 Å². The number of halogens is 1. The number of aryl methyl sites for hydroxylation is 1. The van der Waals surface area contributed by atoms with Gasteiger partial charge in [0.05, 0.1) is 0 Å². The molecule has 0 heterocycles. The highest BCUT2D eigenvalue weighted by molar-refractivity contribution is 6.31. The van der Waals surface area contributed by atoms with E-state index in [1.165, 1.54) is 5.56 Å². The SMILES string of the molecule is Cc1ccc(C(C)C(C)N)cc1Cl. The summed E-state index contributed by atoms with van der Waals surface area (Å²) >= 11 is 6.02. The topological polar surface area (TPSA) is 26.0 Å². The summed E-state index contributed by atoms with van der Waals surface area (Å²) in [6, 6.07) is 6.30. The van der Waals surface area contributed by atoms with Gasteiger partial charge >= 0.3 is 0 Å². The number of nitrogens with two attached hydrogens (primary N) is 1. The molecular formula is C11H16ClN. The zero-order valence-corrected chi connectivity index (χ0v) is 9.10. The molecule has 0 spiro atoms. The van der Waals surface area contributed by atoms with E-state index in [4.69, 9.17) is 17.3 Å². The van der Waals surface area contributed by atoms with Gasteiger partial charge in [0.15, 0.2) is 0 Å². The van der Waals surface area contributed by atoms with E-state index in [9.17, 15) is 0 Å². The van der Waals surface area contributed by atoms with Crippen LogP contribution in [0.3, 0.4) is 0 Å². The van der Waals surface area contributed by atoms with Gasteiger partial charge in [0.25, 0.3) is 0 Å². The molecule has 0 saturated carbocycles. The lowest BCUT2D eigenvalue weighted by Gasteiger charge is -2.16. The first kappa shape index (κ1) is 10.6. The number of hydrogen-bond acceptors (Lipinski definition) is 1. The van der Waals surface area contributed by atoms with Crippen molar-refractivity contribution in [2.45, 2.75) is 32.7 Å². The van der Waals surface area contributed by atoms with Crippen LogP contribution in [0, 0.1) is 6.92 Å². The molecule has 1 aromatic carbocycles. The summed E-state index contributed by atoms with van der Waals surface area (Å²) < 4.78 is 0. The predicted molar refractivity (Wildman–Crippen MR) is 58.3 cm³/mol. The van der Waals surface area contributed by atoms with Gasteiger partial charge in [-0.1, -0.05) is 30.7 Å². The molecule has 0 bridgehead atoms. The van der Waals surface area contributed by atoms with Crippen molar-refractivity contribution in [3.05, 3.63) is 34.3 Å². The van der Waals surface area contributed by atoms with Crippen LogP contribution in [0.25, 0.3) is 0 Å². The third kappa shape index (κ3) is 2.45. The number of hydrogen-bond donors (Lipinski definition) is 1. The third-order valence-corrected chi connectivity index (χ3v) is 2.92. The van der Waals surface area contributed by atoms with Crippen LogP contribution in [0.15, 0.2) is 18.2 Å². The molecule has 13 heavy (non-hydrogen) atoms. The van der Waals surface area contributed by atoms with E-state index in [1.807, 2.05) is 26.0 Å². The Morgan fingerprint density at radius 3 is 2.38 bits per heavy atom. The van der Waals surface area contributed by atoms with E-state index >= 15 is 0 Å². The largest absolute Gasteiger partial charge is 0.327 e. The molecule has 72 valence electrons. The van der Waals surface area contributed by atoms with Crippen molar-refractivity contribution < 1.29 is 0 Å². The lowest BCUT2D eigenvalue weighted by Crippen LogP contribution is -2.22. The molecule has 1 nitrogen and oxygen atoms in total. The molecule has 0 fully saturated rings. The monoisotopic (exact) mass is 197 g/mol. The highest BCUT2D eigenvalue weighted by Crippen LogP contribution is 2.23. The van der Waals surface area contributed by atoms with E-state index in [0.717, 1.165) is 10.6 Å². The maximum Gasteiger partial charge on any atom is 0.0438 e. The minimum atomic E-state index is 0.166. The standard InChI is InChI=1S/C11H16ClN/c1-7-4-5-10(6-11(7)12)8(2)9(3)13/h4-6,8-9H,13H2,1-3H3. The summed E-state index contributed by atoms with van der Waals surface area (Å²) in [6.07, 6.45) is 0. The van der Waals surface area contributed by atoms with Crippen molar-refractivity contribution in [2.24, 2.45) is 5.73 Å². The van der Waals surface area contributed by atoms with E-state index in [1.54, 1.807) is 0 Å². The zero-order chi connectivity index (χ0) is 10.0. The highest BCUT2D eigenvalue weighted by atomic mass is 35.5. The van der Waals surface area contributed by atoms with Gasteiger partial charge in [0.2, 0.25) is 0 Å². The van der Waals surface area contributed by atoms with Crippen LogP contribution in [-0.2, 0) is 0 Å². The Balaban J connectivity index is 2.97. The van der Waals surface area contributed by atoms with Crippen molar-refractivity contribution in [2.75, 3.05) is 0 Å². The third-order valence-electron chi connectivity index (χ3n) is 2.51. The Hall–Kier alpha value is -0.530. The van der Waals surface area contributed by atoms with Gasteiger partial charge in [-0.05, 0) is 37.0 Å². The lowest BCUT2D eigenvalue weighted by atomic mass is 9.94. The van der Waals surface area contributed by atoms with E-state index in [2.05, 4.69) is 13.0 Å². The van der Waals surface area contributed by atoms with Gasteiger partial charge in [-0.2, -0.15) is 0 Å². The zero-order valence-electron chi connectivity index (χ0n) is 8.34. The summed E-state index contributed by atoms with van der Waals surface area (Å²) in [5.74, 6) is 0.359. The second-order valence-corrected chi connectivity index (χ2v) is 4.06. The summed E-state index contributed by atoms with van der Waals surface area (Å²) in [5, 5.41) is 0.824. The Morgan fingerprint density at radius 2 is 1.92 bits per heavy atom. The van der Waals surface area contributed by atoms with Gasteiger partial charge in [-0.3, -0.25) is 0 Å². The minimum Gasteiger partial charge on any atom is -0.327 e. The molecular weight excluding hydrogens is 182 g/mol. The molecule has 0 radical (unpaired) electrons. The molecule has 0 aliphatic heterocycles. The molecule has 2 N–H and O–H groups in total. The van der Waals surface area contributed by atoms with Crippen molar-refractivity contribution in [1.82, 2.24) is 0 Å². The normalized spacial score (nSPS) is 15.5. The molecule has 0 saturated heterocycles. The fourth-order valence-corrected chi connectivity index (χ4v) is 1.38. The Bertz CT molecular complexity index is 294. The van der Waals surface area contributed by atoms with Crippen LogP contribution < -0.4 is 5.73 Å². The Kier molecular flexibility index (Phi) is 3.34. The average Bonchev–Trinajstić information content (AvgIpc) is 2.08. The van der Waals surface area contributed by atoms with Crippen LogP contribution in [0.4, 0.5) is 0 Å². The minimum absolute atomic E-state index is 0.166. The predicted octanol–water partition coefficient (Wildman–Crippen LogP) is 3.10. The molecule has 1 aromatic rings. The first-order chi connectivity index (χ1) is 6.02. The first-order valence-electron chi connectivity index (χ1n) is 4.54. The van der Waals surface area contributed by atoms with Gasteiger partial charge < -0.3 is 5.73 Å². The molecule has 0 aromatic heterocycles. The van der Waals surface area contributed by atoms with Crippen molar-refractivity contribution in [1.29, 1.82) is 0 Å². The van der Waals surface area contributed by atoms with Gasteiger partial charge in [0, 0.05) is 11.1 Å². The van der Waals surface area contributed by atoms with Crippen molar-refractivity contribution in [3.8, 4) is 0 Å². The molecule has 0 aliphatic rings. The van der Waals surface area contributed by atoms with Crippen LogP contribution in [0.1, 0.15) is 30.9 Å². The van der Waals surface area contributed by atoms with Crippen LogP contribution in [-0.4, -0.2) is 6.04 Å². The summed E-state index contributed by atoms with van der Waals surface area (Å²) in [5.41, 5.74) is 8.14. The van der Waals surface area contributed by atoms with Crippen LogP contribution in [0.2, 0.25) is 5.02 Å². The molecule has 0 amide bonds. The molecule has 2 unspecified atom stereocenters. The fraction of sp³-hybridized carbons (Fsp3) is 0.455. The summed E-state index contributed by atoms with van der Waals surface area (Å²) in [4.78, 5) is 0. The quantitative estimate of drug-likeness (QED) is 0.775. The van der Waals surface area contributed by atoms with Crippen LogP contribution in [0.5, 0.6) is 0 Å². The molecule has 2 atom stereocenters. The number of benzene rings is 1. The second-order valence-electron chi connectivity index (χ2n) is 3.66. The maximum atomic E-state index is 6.02. The smallest absolute Gasteiger partial charge is 0.0438 e. The molecule has 0 aliphatic carbocycles. The van der Waals surface area contributed by atoms with Gasteiger partial charge in [0.1, 0.15) is 0 Å². The number of rotatable bonds is 2.